The van der Waals surface area contributed by atoms with E-state index in [1.165, 1.54) is 0 Å². The fourth-order valence-corrected chi connectivity index (χ4v) is 3.30. The third kappa shape index (κ3) is 3.39. The number of nitrogens with one attached hydrogen (secondary N) is 1. The molecule has 24 heavy (non-hydrogen) atoms. The van der Waals surface area contributed by atoms with E-state index in [4.69, 9.17) is 4.52 Å². The van der Waals surface area contributed by atoms with E-state index in [-0.39, 0.29) is 24.2 Å². The van der Waals surface area contributed by atoms with E-state index >= 15 is 0 Å². The van der Waals surface area contributed by atoms with Gasteiger partial charge in [0, 0.05) is 18.8 Å². The molecule has 0 bridgehead atoms. The summed E-state index contributed by atoms with van der Waals surface area (Å²) in [5, 5.41) is 8.10. The lowest BCUT2D eigenvalue weighted by Gasteiger charge is -2.17. The first kappa shape index (κ1) is 18.7. The first-order chi connectivity index (χ1) is 11.0. The molecule has 132 valence electrons. The number of aromatic nitrogens is 2. The lowest BCUT2D eigenvalue weighted by Crippen LogP contribution is -2.30. The molecular weight excluding hydrogens is 328 g/mol. The highest BCUT2D eigenvalue weighted by molar-refractivity contribution is 6.06. The summed E-state index contributed by atoms with van der Waals surface area (Å²) in [6, 6.07) is 1.86. The predicted octanol–water partition coefficient (Wildman–Crippen LogP) is 2.76. The van der Waals surface area contributed by atoms with Gasteiger partial charge in [0.05, 0.1) is 16.6 Å². The number of halogens is 1. The number of fused-ring (bicyclic) bond motifs is 1. The van der Waals surface area contributed by atoms with Crippen molar-refractivity contribution in [3.63, 3.8) is 0 Å². The third-order valence-corrected chi connectivity index (χ3v) is 4.44. The number of nitrogens with zero attached hydrogens (tertiary/aromatic N) is 3. The highest BCUT2D eigenvalue weighted by Gasteiger charge is 2.29. The van der Waals surface area contributed by atoms with Gasteiger partial charge < -0.3 is 14.7 Å². The van der Waals surface area contributed by atoms with Gasteiger partial charge in [-0.3, -0.25) is 4.79 Å². The number of carbonyl (C=O) groups is 1. The van der Waals surface area contributed by atoms with Crippen LogP contribution < -0.4 is 5.32 Å². The smallest absolute Gasteiger partial charge is 0.259 e. The Morgan fingerprint density at radius 3 is 2.92 bits per heavy atom. The minimum atomic E-state index is 0. The van der Waals surface area contributed by atoms with Crippen LogP contribution in [0.15, 0.2) is 10.6 Å². The Kier molecular flexibility index (Phi) is 5.83. The molecule has 0 saturated carbocycles. The molecule has 7 heteroatoms. The minimum absolute atomic E-state index is 0. The molecule has 1 aliphatic heterocycles. The van der Waals surface area contributed by atoms with Crippen LogP contribution in [0.3, 0.4) is 0 Å². The van der Waals surface area contributed by atoms with Crippen molar-refractivity contribution in [1.82, 2.24) is 20.4 Å². The van der Waals surface area contributed by atoms with Crippen LogP contribution in [0.25, 0.3) is 11.1 Å². The van der Waals surface area contributed by atoms with E-state index in [1.54, 1.807) is 0 Å². The van der Waals surface area contributed by atoms with Crippen LogP contribution in [0.2, 0.25) is 0 Å². The quantitative estimate of drug-likeness (QED) is 0.916. The topological polar surface area (TPSA) is 71.3 Å². The molecule has 1 fully saturated rings. The maximum absolute atomic E-state index is 13.0. The zero-order valence-corrected chi connectivity index (χ0v) is 15.4. The van der Waals surface area contributed by atoms with Gasteiger partial charge >= 0.3 is 0 Å². The molecule has 1 atom stereocenters. The van der Waals surface area contributed by atoms with Crippen LogP contribution in [0.5, 0.6) is 0 Å². The Bertz CT molecular complexity index is 729. The highest BCUT2D eigenvalue weighted by Crippen LogP contribution is 2.29. The summed E-state index contributed by atoms with van der Waals surface area (Å²) in [6.45, 7) is 8.51. The van der Waals surface area contributed by atoms with Crippen LogP contribution >= 0.6 is 12.4 Å². The molecule has 0 aliphatic carbocycles. The lowest BCUT2D eigenvalue weighted by atomic mass is 10.0. The van der Waals surface area contributed by atoms with Crippen molar-refractivity contribution in [1.29, 1.82) is 0 Å². The number of aryl methyl sites for hydroxylation is 1. The molecule has 1 amide bonds. The van der Waals surface area contributed by atoms with Crippen molar-refractivity contribution in [2.24, 2.45) is 5.92 Å². The zero-order chi connectivity index (χ0) is 16.6. The van der Waals surface area contributed by atoms with Crippen molar-refractivity contribution >= 4 is 29.4 Å². The van der Waals surface area contributed by atoms with Crippen LogP contribution in [0.1, 0.15) is 47.9 Å². The van der Waals surface area contributed by atoms with Crippen molar-refractivity contribution in [2.75, 3.05) is 26.7 Å². The summed E-state index contributed by atoms with van der Waals surface area (Å²) in [6.07, 6.45) is 1.04. The van der Waals surface area contributed by atoms with Crippen LogP contribution in [0, 0.1) is 12.8 Å². The van der Waals surface area contributed by atoms with E-state index in [0.29, 0.717) is 17.2 Å². The number of hydrogen-bond donors (Lipinski definition) is 1. The van der Waals surface area contributed by atoms with Crippen LogP contribution in [-0.4, -0.2) is 47.6 Å². The summed E-state index contributed by atoms with van der Waals surface area (Å²) >= 11 is 0. The largest absolute Gasteiger partial charge is 0.338 e. The average molecular weight is 353 g/mol. The Balaban J connectivity index is 0.00000208. The van der Waals surface area contributed by atoms with Gasteiger partial charge in [-0.25, -0.2) is 4.98 Å². The van der Waals surface area contributed by atoms with Gasteiger partial charge in [-0.2, -0.15) is 0 Å². The number of pyridine rings is 1. The highest BCUT2D eigenvalue weighted by atomic mass is 35.5. The number of amides is 1. The molecular formula is C17H25ClN4O2. The fraction of sp³-hybridized carbons (Fsp3) is 0.588. The normalized spacial score (nSPS) is 17.5. The van der Waals surface area contributed by atoms with Gasteiger partial charge in [-0.05, 0) is 44.8 Å². The second-order valence-corrected chi connectivity index (χ2v) is 6.68. The average Bonchev–Trinajstić information content (AvgIpc) is 3.12. The molecule has 6 nitrogen and oxygen atoms in total. The number of likely N-dealkylation sites (tertiary alicyclic amines) is 1. The second kappa shape index (κ2) is 7.49. The molecule has 1 N–H and O–H groups in total. The molecule has 1 saturated heterocycles. The molecule has 0 radical (unpaired) electrons. The van der Waals surface area contributed by atoms with Gasteiger partial charge in [-0.1, -0.05) is 19.0 Å². The molecule has 0 spiro atoms. The van der Waals surface area contributed by atoms with Crippen LogP contribution in [-0.2, 0) is 0 Å². The summed E-state index contributed by atoms with van der Waals surface area (Å²) in [4.78, 5) is 19.4. The first-order valence-electron chi connectivity index (χ1n) is 8.22. The monoisotopic (exact) mass is 352 g/mol. The Labute approximate surface area is 148 Å². The number of carbonyl (C=O) groups excluding carboxylic acids is 1. The van der Waals surface area contributed by atoms with Gasteiger partial charge in [0.25, 0.3) is 11.6 Å². The van der Waals surface area contributed by atoms with E-state index < -0.39 is 0 Å². The first-order valence-corrected chi connectivity index (χ1v) is 8.22. The Morgan fingerprint density at radius 2 is 2.25 bits per heavy atom. The predicted molar refractivity (Wildman–Crippen MR) is 95.8 cm³/mol. The minimum Gasteiger partial charge on any atom is -0.338 e. The number of hydrogen-bond acceptors (Lipinski definition) is 5. The van der Waals surface area contributed by atoms with E-state index in [2.05, 4.69) is 15.5 Å². The fourth-order valence-electron chi connectivity index (χ4n) is 3.30. The van der Waals surface area contributed by atoms with E-state index in [9.17, 15) is 4.79 Å². The van der Waals surface area contributed by atoms with Gasteiger partial charge in [-0.15, -0.1) is 12.4 Å². The lowest BCUT2D eigenvalue weighted by molar-refractivity contribution is 0.0789. The second-order valence-electron chi connectivity index (χ2n) is 6.68. The zero-order valence-electron chi connectivity index (χ0n) is 14.6. The van der Waals surface area contributed by atoms with Gasteiger partial charge in [0.1, 0.15) is 0 Å². The Hall–Kier alpha value is -1.66. The maximum atomic E-state index is 13.0. The number of rotatable bonds is 4. The third-order valence-electron chi connectivity index (χ3n) is 4.44. The van der Waals surface area contributed by atoms with Gasteiger partial charge in [0.2, 0.25) is 0 Å². The van der Waals surface area contributed by atoms with E-state index in [1.807, 2.05) is 38.8 Å². The van der Waals surface area contributed by atoms with Crippen molar-refractivity contribution in [3.05, 3.63) is 23.0 Å². The summed E-state index contributed by atoms with van der Waals surface area (Å²) in [5.74, 6) is 0.765. The molecule has 3 rings (SSSR count). The summed E-state index contributed by atoms with van der Waals surface area (Å²) < 4.78 is 5.36. The Morgan fingerprint density at radius 1 is 1.50 bits per heavy atom. The standard InChI is InChI=1S/C17H24N4O2.ClH/c1-10(2)15-14-13(7-11(3)19-16(14)23-20-15)17(22)21-6-5-12(9-21)8-18-4;/h7,10,12,18H,5-6,8-9H2,1-4H3;1H. The molecule has 1 aliphatic rings. The van der Waals surface area contributed by atoms with E-state index in [0.717, 1.165) is 42.8 Å². The molecule has 0 aromatic carbocycles. The molecule has 3 heterocycles. The summed E-state index contributed by atoms with van der Waals surface area (Å²) in [5.41, 5.74) is 2.71. The van der Waals surface area contributed by atoms with Gasteiger partial charge in [0.15, 0.2) is 0 Å². The van der Waals surface area contributed by atoms with Crippen molar-refractivity contribution in [2.45, 2.75) is 33.1 Å². The molecule has 1 unspecified atom stereocenters. The van der Waals surface area contributed by atoms with Crippen molar-refractivity contribution < 1.29 is 9.32 Å². The molecule has 2 aromatic heterocycles. The van der Waals surface area contributed by atoms with Crippen molar-refractivity contribution in [3.8, 4) is 0 Å². The maximum Gasteiger partial charge on any atom is 0.259 e. The molecule has 2 aromatic rings. The summed E-state index contributed by atoms with van der Waals surface area (Å²) in [7, 11) is 1.95. The SMILES string of the molecule is CNCC1CCN(C(=O)c2cc(C)nc3onc(C(C)C)c23)C1.Cl. The van der Waals surface area contributed by atoms with Crippen LogP contribution in [0.4, 0.5) is 0 Å².